The lowest BCUT2D eigenvalue weighted by molar-refractivity contribution is -0.377. The molecule has 18 nitrogen and oxygen atoms in total. The number of aliphatic hydroxyl groups is 2. The third kappa shape index (κ3) is 8.62. The van der Waals surface area contributed by atoms with Gasteiger partial charge in [0.05, 0.1) is 31.3 Å². The summed E-state index contributed by atoms with van der Waals surface area (Å²) in [4.78, 5) is 86.1. The first-order chi connectivity index (χ1) is 12.2. The van der Waals surface area contributed by atoms with Gasteiger partial charge in [0.2, 0.25) is 0 Å². The Kier molecular flexibility index (Phi) is 8.34. The summed E-state index contributed by atoms with van der Waals surface area (Å²) >= 11 is 0. The molecule has 168 valence electrons. The molecule has 0 aliphatic heterocycles. The maximum absolute atomic E-state index is 10.8. The van der Waals surface area contributed by atoms with Gasteiger partial charge in [0.25, 0.3) is 0 Å². The van der Waals surface area contributed by atoms with Crippen molar-refractivity contribution in [1.29, 1.82) is 0 Å². The maximum atomic E-state index is 10.8. The maximum Gasteiger partial charge on any atom is 0.121 e. The summed E-state index contributed by atoms with van der Waals surface area (Å²) in [5.74, 6) is 0. The Morgan fingerprint density at radius 3 is 0.929 bits per heavy atom. The molecule has 0 radical (unpaired) electrons. The molecule has 1 rings (SSSR count). The van der Waals surface area contributed by atoms with Gasteiger partial charge in [0.1, 0.15) is 36.6 Å². The van der Waals surface area contributed by atoms with E-state index in [0.717, 1.165) is 0 Å². The molecule has 1 aliphatic carbocycles. The van der Waals surface area contributed by atoms with Crippen molar-refractivity contribution < 1.29 is 85.7 Å². The second kappa shape index (κ2) is 8.85. The normalized spacial score (nSPS) is 33.1. The van der Waals surface area contributed by atoms with Crippen LogP contribution in [0.2, 0.25) is 0 Å². The van der Waals surface area contributed by atoms with Crippen LogP contribution in [0.4, 0.5) is 0 Å². The van der Waals surface area contributed by atoms with Crippen LogP contribution in [0, 0.1) is 0 Å². The van der Waals surface area contributed by atoms with Crippen LogP contribution in [0.5, 0.6) is 0 Å². The zero-order valence-corrected chi connectivity index (χ0v) is 16.3. The van der Waals surface area contributed by atoms with E-state index in [1.165, 1.54) is 0 Å². The van der Waals surface area contributed by atoms with Crippen LogP contribution in [0.3, 0.4) is 0 Å². The van der Waals surface area contributed by atoms with Crippen molar-refractivity contribution in [2.24, 2.45) is 0 Å². The minimum atomic E-state index is -6.24. The summed E-state index contributed by atoms with van der Waals surface area (Å²) in [6, 6.07) is 0. The molecule has 28 heavy (non-hydrogen) atoms. The number of hydrogen-bond donors (Lipinski definition) is 2. The minimum absolute atomic E-state index is 2.84. The van der Waals surface area contributed by atoms with Gasteiger partial charge in [-0.1, -0.05) is 0 Å². The lowest BCUT2D eigenvalue weighted by atomic mass is 9.85. The standard InChI is InChI=1S/C6H16O18P4/c7-1-3(21-25(9,10)11)2(8)5(23-27(15,16)17)6(24-28(18,19)20)4(1)22-26(12,13)14/h1-8H,(H2,9,10,11)(H2,12,13,14)(H2,15,16,17)(H2,18,19,20)/p-8/t1-,2-,3?,4-,5+,6?/m0/s1. The van der Waals surface area contributed by atoms with E-state index in [0.29, 0.717) is 0 Å². The van der Waals surface area contributed by atoms with Crippen molar-refractivity contribution in [1.82, 2.24) is 0 Å². The average molecular weight is 492 g/mol. The quantitative estimate of drug-likeness (QED) is 0.297. The van der Waals surface area contributed by atoms with Crippen molar-refractivity contribution in [3.63, 3.8) is 0 Å². The van der Waals surface area contributed by atoms with Gasteiger partial charge in [-0.05, 0) is 0 Å². The zero-order chi connectivity index (χ0) is 22.3. The van der Waals surface area contributed by atoms with E-state index >= 15 is 0 Å². The Morgan fingerprint density at radius 1 is 0.464 bits per heavy atom. The van der Waals surface area contributed by atoms with E-state index in [4.69, 9.17) is 0 Å². The van der Waals surface area contributed by atoms with Crippen LogP contribution >= 0.6 is 31.3 Å². The Morgan fingerprint density at radius 2 is 0.679 bits per heavy atom. The van der Waals surface area contributed by atoms with Crippen LogP contribution in [-0.4, -0.2) is 46.8 Å². The number of hydrogen-bond acceptors (Lipinski definition) is 18. The van der Waals surface area contributed by atoms with Gasteiger partial charge in [0, 0.05) is 0 Å². The fourth-order valence-corrected chi connectivity index (χ4v) is 4.41. The van der Waals surface area contributed by atoms with Crippen LogP contribution in [-0.2, 0) is 36.4 Å². The fourth-order valence-electron chi connectivity index (χ4n) is 2.24. The minimum Gasteiger partial charge on any atom is -0.790 e. The molecule has 1 aliphatic rings. The number of phosphoric ester groups is 4. The summed E-state index contributed by atoms with van der Waals surface area (Å²) < 4.78 is 57.8. The Balaban J connectivity index is 3.50. The van der Waals surface area contributed by atoms with Crippen molar-refractivity contribution in [3.8, 4) is 0 Å². The molecule has 1 saturated carbocycles. The molecule has 0 amide bonds. The van der Waals surface area contributed by atoms with Gasteiger partial charge < -0.3 is 85.7 Å². The highest BCUT2D eigenvalue weighted by Crippen LogP contribution is 2.46. The number of rotatable bonds is 8. The Hall–Kier alpha value is 0.360. The molecule has 0 aromatic heterocycles. The third-order valence-electron chi connectivity index (χ3n) is 3.00. The van der Waals surface area contributed by atoms with Gasteiger partial charge >= 0.3 is 0 Å². The van der Waals surface area contributed by atoms with Crippen LogP contribution in [0.25, 0.3) is 0 Å². The predicted octanol–water partition coefficient (Wildman–Crippen LogP) is -8.42. The van der Waals surface area contributed by atoms with Gasteiger partial charge in [-0.3, -0.25) is 0 Å². The van der Waals surface area contributed by atoms with Gasteiger partial charge in [-0.25, -0.2) is 0 Å². The van der Waals surface area contributed by atoms with Crippen molar-refractivity contribution in [2.45, 2.75) is 36.6 Å². The van der Waals surface area contributed by atoms with Crippen molar-refractivity contribution in [3.05, 3.63) is 0 Å². The first-order valence-corrected chi connectivity index (χ1v) is 12.2. The number of aliphatic hydroxyl groups excluding tert-OH is 2. The first-order valence-electron chi connectivity index (χ1n) is 6.38. The molecule has 2 N–H and O–H groups in total. The summed E-state index contributed by atoms with van der Waals surface area (Å²) in [6.45, 7) is 0. The fraction of sp³-hybridized carbons (Fsp3) is 1.00. The topological polar surface area (TPSA) is 330 Å². The van der Waals surface area contributed by atoms with Crippen LogP contribution in [0.1, 0.15) is 0 Å². The number of phosphoric acid groups is 4. The van der Waals surface area contributed by atoms with E-state index < -0.39 is 67.9 Å². The van der Waals surface area contributed by atoms with E-state index in [9.17, 15) is 67.6 Å². The second-order valence-electron chi connectivity index (χ2n) is 5.05. The summed E-state index contributed by atoms with van der Waals surface area (Å²) in [7, 11) is -24.8. The smallest absolute Gasteiger partial charge is 0.121 e. The Labute approximate surface area is 154 Å². The predicted molar refractivity (Wildman–Crippen MR) is 61.9 cm³/mol. The summed E-state index contributed by atoms with van der Waals surface area (Å²) in [5, 5.41) is 19.7. The van der Waals surface area contributed by atoms with E-state index in [1.54, 1.807) is 0 Å². The molecule has 2 unspecified atom stereocenters. The average Bonchev–Trinajstić information content (AvgIpc) is 2.39. The highest BCUT2D eigenvalue weighted by molar-refractivity contribution is 7.44. The van der Waals surface area contributed by atoms with Crippen LogP contribution < -0.4 is 39.1 Å². The van der Waals surface area contributed by atoms with Gasteiger partial charge in [-0.2, -0.15) is 0 Å². The van der Waals surface area contributed by atoms with E-state index in [1.807, 2.05) is 0 Å². The highest BCUT2D eigenvalue weighted by atomic mass is 31.2. The monoisotopic (exact) mass is 492 g/mol. The molecule has 0 aromatic carbocycles. The third-order valence-corrected chi connectivity index (χ3v) is 5.00. The van der Waals surface area contributed by atoms with E-state index in [-0.39, 0.29) is 0 Å². The van der Waals surface area contributed by atoms with Gasteiger partial charge in [-0.15, -0.1) is 0 Å². The molecule has 0 spiro atoms. The van der Waals surface area contributed by atoms with Crippen molar-refractivity contribution >= 4 is 31.3 Å². The molecular formula is C6H8O18P4-8. The molecule has 0 aromatic rings. The largest absolute Gasteiger partial charge is 0.790 e. The van der Waals surface area contributed by atoms with Crippen LogP contribution in [0.15, 0.2) is 0 Å². The lowest BCUT2D eigenvalue weighted by Crippen LogP contribution is -2.66. The molecule has 6 atom stereocenters. The summed E-state index contributed by atoms with van der Waals surface area (Å²) in [6.07, 6.45) is -17.6. The molecule has 0 heterocycles. The lowest BCUT2D eigenvalue weighted by Gasteiger charge is -2.53. The zero-order valence-electron chi connectivity index (χ0n) is 12.7. The van der Waals surface area contributed by atoms with E-state index in [2.05, 4.69) is 18.1 Å². The second-order valence-corrected chi connectivity index (χ2v) is 9.47. The van der Waals surface area contributed by atoms with Crippen molar-refractivity contribution in [2.75, 3.05) is 0 Å². The molecule has 22 heteroatoms. The summed E-state index contributed by atoms with van der Waals surface area (Å²) in [5.41, 5.74) is 0. The highest BCUT2D eigenvalue weighted by Gasteiger charge is 2.54. The Bertz CT molecular complexity index is 688. The van der Waals surface area contributed by atoms with Gasteiger partial charge in [0.15, 0.2) is 0 Å². The molecule has 1 fully saturated rings. The molecule has 0 bridgehead atoms. The molecule has 0 saturated heterocycles. The first kappa shape index (κ1) is 26.4. The molecular weight excluding hydrogens is 484 g/mol. The SMILES string of the molecule is O=P([O-])([O-])OC1[C@H](O)[C@H](OP(=O)([O-])[O-])C(OP(=O)([O-])[O-])[C@H](OP(=O)([O-])[O-])[C@H]1O.